The molecule has 1 N–H and O–H groups in total. The van der Waals surface area contributed by atoms with Crippen LogP contribution < -0.4 is 5.32 Å². The smallest absolute Gasteiger partial charge is 0.243 e. The van der Waals surface area contributed by atoms with Gasteiger partial charge >= 0.3 is 0 Å². The summed E-state index contributed by atoms with van der Waals surface area (Å²) < 4.78 is 0. The van der Waals surface area contributed by atoms with Gasteiger partial charge in [-0.15, -0.1) is 11.8 Å². The second-order valence-corrected chi connectivity index (χ2v) is 10.3. The first-order valence-electron chi connectivity index (χ1n) is 11.9. The summed E-state index contributed by atoms with van der Waals surface area (Å²) in [6.07, 6.45) is 1.25. The van der Waals surface area contributed by atoms with Crippen molar-refractivity contribution in [2.45, 2.75) is 57.1 Å². The van der Waals surface area contributed by atoms with Crippen molar-refractivity contribution in [2.24, 2.45) is 0 Å². The number of carbonyl (C=O) groups excluding carboxylic acids is 2. The Kier molecular flexibility index (Phi) is 10.2. The number of nitrogens with one attached hydrogen (secondary N) is 1. The Morgan fingerprint density at radius 3 is 2.31 bits per heavy atom. The lowest BCUT2D eigenvalue weighted by Gasteiger charge is -2.32. The molecule has 2 amide bonds. The van der Waals surface area contributed by atoms with Crippen molar-refractivity contribution in [3.63, 3.8) is 0 Å². The third-order valence-corrected chi connectivity index (χ3v) is 7.13. The van der Waals surface area contributed by atoms with E-state index in [0.717, 1.165) is 22.4 Å². The maximum Gasteiger partial charge on any atom is 0.243 e. The Labute approximate surface area is 218 Å². The minimum atomic E-state index is -0.642. The normalized spacial score (nSPS) is 12.6. The first-order valence-corrected chi connectivity index (χ1v) is 13.3. The van der Waals surface area contributed by atoms with E-state index in [1.54, 1.807) is 4.90 Å². The van der Waals surface area contributed by atoms with Crippen LogP contribution in [0.15, 0.2) is 83.8 Å². The number of hydrogen-bond acceptors (Lipinski definition) is 3. The highest BCUT2D eigenvalue weighted by molar-refractivity contribution is 8.00. The molecule has 2 atom stereocenters. The van der Waals surface area contributed by atoms with Crippen LogP contribution in [0.5, 0.6) is 0 Å². The van der Waals surface area contributed by atoms with E-state index >= 15 is 0 Å². The fraction of sp³-hybridized carbons (Fsp3) is 0.310. The van der Waals surface area contributed by atoms with Crippen LogP contribution in [0, 0.1) is 6.92 Å². The number of hydrogen-bond donors (Lipinski definition) is 1. The number of amides is 2. The first-order chi connectivity index (χ1) is 16.9. The molecule has 6 heteroatoms. The van der Waals surface area contributed by atoms with E-state index in [2.05, 4.69) is 5.32 Å². The lowest BCUT2D eigenvalue weighted by molar-refractivity contribution is -0.139. The van der Waals surface area contributed by atoms with Gasteiger partial charge in [0.05, 0.1) is 5.75 Å². The molecule has 0 aromatic heterocycles. The average molecular weight is 509 g/mol. The minimum absolute atomic E-state index is 0.0193. The van der Waals surface area contributed by atoms with Crippen LogP contribution in [-0.4, -0.2) is 34.6 Å². The van der Waals surface area contributed by atoms with Crippen molar-refractivity contribution < 1.29 is 9.59 Å². The molecule has 4 nitrogen and oxygen atoms in total. The summed E-state index contributed by atoms with van der Waals surface area (Å²) in [4.78, 5) is 29.9. The van der Waals surface area contributed by atoms with Crippen molar-refractivity contribution in [3.05, 3.63) is 101 Å². The predicted octanol–water partition coefficient (Wildman–Crippen LogP) is 6.30. The third kappa shape index (κ3) is 8.44. The predicted molar refractivity (Wildman–Crippen MR) is 146 cm³/mol. The Balaban J connectivity index is 1.90. The quantitative estimate of drug-likeness (QED) is 0.309. The summed E-state index contributed by atoms with van der Waals surface area (Å²) in [6.45, 7) is 6.35. The molecule has 0 bridgehead atoms. The zero-order valence-corrected chi connectivity index (χ0v) is 22.1. The number of nitrogens with zero attached hydrogens (tertiary/aromatic N) is 1. The number of benzene rings is 3. The van der Waals surface area contributed by atoms with Gasteiger partial charge < -0.3 is 10.2 Å². The molecule has 3 aromatic carbocycles. The lowest BCUT2D eigenvalue weighted by atomic mass is 10.0. The molecule has 0 fully saturated rings. The van der Waals surface area contributed by atoms with Crippen molar-refractivity contribution in [2.75, 3.05) is 5.75 Å². The van der Waals surface area contributed by atoms with Crippen LogP contribution in [0.1, 0.15) is 37.0 Å². The number of halogens is 1. The van der Waals surface area contributed by atoms with E-state index in [9.17, 15) is 9.59 Å². The number of thioether (sulfide) groups is 1. The van der Waals surface area contributed by atoms with Gasteiger partial charge in [0.2, 0.25) is 11.8 Å². The average Bonchev–Trinajstić information content (AvgIpc) is 2.86. The van der Waals surface area contributed by atoms with Gasteiger partial charge in [-0.3, -0.25) is 9.59 Å². The van der Waals surface area contributed by atoms with Crippen LogP contribution in [0.2, 0.25) is 5.02 Å². The second kappa shape index (κ2) is 13.4. The fourth-order valence-corrected chi connectivity index (χ4v) is 4.69. The van der Waals surface area contributed by atoms with Crippen molar-refractivity contribution in [3.8, 4) is 0 Å². The van der Waals surface area contributed by atoms with E-state index in [1.807, 2.05) is 99.6 Å². The Bertz CT molecular complexity index is 1110. The van der Waals surface area contributed by atoms with Gasteiger partial charge in [0.1, 0.15) is 6.04 Å². The second-order valence-electron chi connectivity index (χ2n) is 8.78. The first kappa shape index (κ1) is 26.8. The highest BCUT2D eigenvalue weighted by Crippen LogP contribution is 2.22. The van der Waals surface area contributed by atoms with Crippen molar-refractivity contribution in [1.29, 1.82) is 0 Å². The summed E-state index contributed by atoms with van der Waals surface area (Å²) in [5.41, 5.74) is 3.07. The summed E-state index contributed by atoms with van der Waals surface area (Å²) in [7, 11) is 0. The molecule has 0 saturated carbocycles. The molecule has 0 aliphatic carbocycles. The fourth-order valence-electron chi connectivity index (χ4n) is 3.69. The van der Waals surface area contributed by atoms with E-state index in [4.69, 9.17) is 11.6 Å². The van der Waals surface area contributed by atoms with Crippen LogP contribution in [0.25, 0.3) is 0 Å². The maximum absolute atomic E-state index is 13.7. The largest absolute Gasteiger partial charge is 0.352 e. The van der Waals surface area contributed by atoms with Crippen LogP contribution in [0.3, 0.4) is 0 Å². The van der Waals surface area contributed by atoms with E-state index in [-0.39, 0.29) is 23.6 Å². The molecular formula is C29H33ClN2O2S. The molecule has 0 unspecified atom stereocenters. The molecular weight excluding hydrogens is 476 g/mol. The number of aryl methyl sites for hydroxylation is 1. The Morgan fingerprint density at radius 2 is 1.66 bits per heavy atom. The van der Waals surface area contributed by atoms with E-state index in [1.165, 1.54) is 17.3 Å². The molecule has 0 saturated heterocycles. The molecule has 0 radical (unpaired) electrons. The molecule has 3 rings (SSSR count). The highest BCUT2D eigenvalue weighted by atomic mass is 35.5. The van der Waals surface area contributed by atoms with Gasteiger partial charge in [-0.05, 0) is 55.7 Å². The summed E-state index contributed by atoms with van der Waals surface area (Å²) >= 11 is 7.72. The third-order valence-electron chi connectivity index (χ3n) is 5.90. The topological polar surface area (TPSA) is 49.4 Å². The Hall–Kier alpha value is -2.76. The molecule has 35 heavy (non-hydrogen) atoms. The molecule has 0 spiro atoms. The highest BCUT2D eigenvalue weighted by Gasteiger charge is 2.31. The van der Waals surface area contributed by atoms with Gasteiger partial charge in [0, 0.05) is 28.9 Å². The summed E-state index contributed by atoms with van der Waals surface area (Å²) in [5, 5.41) is 3.70. The lowest BCUT2D eigenvalue weighted by Crippen LogP contribution is -2.52. The molecule has 0 heterocycles. The zero-order valence-electron chi connectivity index (χ0n) is 20.5. The van der Waals surface area contributed by atoms with Crippen LogP contribution in [-0.2, 0) is 22.6 Å². The standard InChI is InChI=1S/C29H33ClN2O2S/c1-4-22(3)31-29(34)27(18-23-9-6-5-7-10-23)32(19-24-11-8-12-25(30)17-24)28(33)20-35-26-15-13-21(2)14-16-26/h5-17,22,27H,4,18-20H2,1-3H3,(H,31,34)/t22-,27-/m0/s1. The Morgan fingerprint density at radius 1 is 0.971 bits per heavy atom. The van der Waals surface area contributed by atoms with E-state index < -0.39 is 6.04 Å². The van der Waals surface area contributed by atoms with Gasteiger partial charge in [-0.1, -0.05) is 78.7 Å². The van der Waals surface area contributed by atoms with Gasteiger partial charge in [-0.25, -0.2) is 0 Å². The minimum Gasteiger partial charge on any atom is -0.352 e. The van der Waals surface area contributed by atoms with E-state index in [0.29, 0.717) is 18.0 Å². The monoisotopic (exact) mass is 508 g/mol. The SMILES string of the molecule is CC[C@H](C)NC(=O)[C@H](Cc1ccccc1)N(Cc1cccc(Cl)c1)C(=O)CSc1ccc(C)cc1. The molecule has 0 aliphatic heterocycles. The summed E-state index contributed by atoms with van der Waals surface area (Å²) in [5.74, 6) is 0.0145. The molecule has 0 aliphatic rings. The van der Waals surface area contributed by atoms with Gasteiger partial charge in [0.25, 0.3) is 0 Å². The number of rotatable bonds is 11. The molecule has 3 aromatic rings. The molecule has 184 valence electrons. The van der Waals surface area contributed by atoms with Crippen molar-refractivity contribution in [1.82, 2.24) is 10.2 Å². The van der Waals surface area contributed by atoms with Crippen LogP contribution in [0.4, 0.5) is 0 Å². The number of carbonyl (C=O) groups is 2. The van der Waals surface area contributed by atoms with Crippen LogP contribution >= 0.6 is 23.4 Å². The maximum atomic E-state index is 13.7. The van der Waals surface area contributed by atoms with Gasteiger partial charge in [-0.2, -0.15) is 0 Å². The van der Waals surface area contributed by atoms with Crippen molar-refractivity contribution >= 4 is 35.2 Å². The summed E-state index contributed by atoms with van der Waals surface area (Å²) in [6, 6.07) is 24.8. The zero-order chi connectivity index (χ0) is 25.2. The van der Waals surface area contributed by atoms with Gasteiger partial charge in [0.15, 0.2) is 0 Å².